The first-order valence-corrected chi connectivity index (χ1v) is 7.18. The Morgan fingerprint density at radius 1 is 1.29 bits per heavy atom. The van der Waals surface area contributed by atoms with Crippen molar-refractivity contribution in [2.45, 2.75) is 39.0 Å². The Bertz CT molecular complexity index is 520. The highest BCUT2D eigenvalue weighted by Crippen LogP contribution is 2.23. The fourth-order valence-electron chi connectivity index (χ4n) is 2.36. The van der Waals surface area contributed by atoms with Crippen LogP contribution in [-0.4, -0.2) is 35.8 Å². The zero-order chi connectivity index (χ0) is 15.2. The molecule has 1 amide bonds. The van der Waals surface area contributed by atoms with Gasteiger partial charge in [-0.15, -0.1) is 0 Å². The van der Waals surface area contributed by atoms with Gasteiger partial charge in [0.05, 0.1) is 6.61 Å². The lowest BCUT2D eigenvalue weighted by molar-refractivity contribution is -0.176. The molecule has 0 aliphatic carbocycles. The van der Waals surface area contributed by atoms with E-state index in [2.05, 4.69) is 6.08 Å². The summed E-state index contributed by atoms with van der Waals surface area (Å²) in [5.41, 5.74) is 2.21. The average Bonchev–Trinajstić information content (AvgIpc) is 2.48. The minimum atomic E-state index is -0.630. The summed E-state index contributed by atoms with van der Waals surface area (Å²) in [5, 5.41) is 0. The molecule has 4 nitrogen and oxygen atoms in total. The van der Waals surface area contributed by atoms with Gasteiger partial charge in [-0.2, -0.15) is 0 Å². The maximum Gasteiger partial charge on any atom is 0.255 e. The summed E-state index contributed by atoms with van der Waals surface area (Å²) in [7, 11) is 0. The van der Waals surface area contributed by atoms with Crippen LogP contribution in [0, 0.1) is 0 Å². The number of allylic oxidation sites excluding steroid dienone is 1. The van der Waals surface area contributed by atoms with Crippen molar-refractivity contribution >= 4 is 12.2 Å². The van der Waals surface area contributed by atoms with Gasteiger partial charge in [0.25, 0.3) is 5.91 Å². The summed E-state index contributed by atoms with van der Waals surface area (Å²) in [6, 6.07) is 9.19. The number of hydrogen-bond donors (Lipinski definition) is 0. The third-order valence-electron chi connectivity index (χ3n) is 3.53. The molecule has 1 aromatic rings. The number of hydrogen-bond acceptors (Lipinski definition) is 3. The zero-order valence-electron chi connectivity index (χ0n) is 12.5. The summed E-state index contributed by atoms with van der Waals surface area (Å²) in [6.45, 7) is 4.95. The van der Waals surface area contributed by atoms with Crippen LogP contribution in [0.3, 0.4) is 0 Å². The topological polar surface area (TPSA) is 46.6 Å². The Kier molecular flexibility index (Phi) is 5.28. The van der Waals surface area contributed by atoms with E-state index in [1.165, 1.54) is 5.57 Å². The molecule has 0 radical (unpaired) electrons. The second kappa shape index (κ2) is 7.18. The number of carbonyl (C=O) groups is 2. The lowest BCUT2D eigenvalue weighted by Crippen LogP contribution is -2.66. The highest BCUT2D eigenvalue weighted by Gasteiger charge is 2.47. The number of ether oxygens (including phenoxy) is 1. The number of aldehydes is 1. The van der Waals surface area contributed by atoms with Crippen molar-refractivity contribution in [1.29, 1.82) is 0 Å². The number of amides is 1. The second-order valence-electron chi connectivity index (χ2n) is 5.45. The van der Waals surface area contributed by atoms with Crippen LogP contribution in [0.2, 0.25) is 0 Å². The Balaban J connectivity index is 1.86. The van der Waals surface area contributed by atoms with Crippen molar-refractivity contribution in [3.63, 3.8) is 0 Å². The molecule has 0 N–H and O–H groups in total. The van der Waals surface area contributed by atoms with Crippen LogP contribution in [-0.2, 0) is 20.9 Å². The second-order valence-corrected chi connectivity index (χ2v) is 5.45. The van der Waals surface area contributed by atoms with E-state index in [0.717, 1.165) is 18.3 Å². The van der Waals surface area contributed by atoms with Crippen LogP contribution in [0.4, 0.5) is 0 Å². The lowest BCUT2D eigenvalue weighted by Gasteiger charge is -2.43. The predicted molar refractivity (Wildman–Crippen MR) is 80.6 cm³/mol. The van der Waals surface area contributed by atoms with Crippen molar-refractivity contribution in [1.82, 2.24) is 4.90 Å². The number of β-lactam (4-membered cyclic amide) rings is 1. The van der Waals surface area contributed by atoms with Gasteiger partial charge >= 0.3 is 0 Å². The molecule has 1 aliphatic rings. The van der Waals surface area contributed by atoms with Gasteiger partial charge in [-0.1, -0.05) is 42.0 Å². The molecule has 0 spiro atoms. The lowest BCUT2D eigenvalue weighted by atomic mass is 9.98. The van der Waals surface area contributed by atoms with Gasteiger partial charge < -0.3 is 14.4 Å². The molecule has 4 heteroatoms. The summed E-state index contributed by atoms with van der Waals surface area (Å²) >= 11 is 0. The molecule has 0 bridgehead atoms. The highest BCUT2D eigenvalue weighted by atomic mass is 16.5. The Morgan fingerprint density at radius 3 is 2.62 bits per heavy atom. The van der Waals surface area contributed by atoms with E-state index in [-0.39, 0.29) is 5.91 Å². The van der Waals surface area contributed by atoms with Gasteiger partial charge in [-0.05, 0) is 25.8 Å². The molecule has 1 saturated heterocycles. The van der Waals surface area contributed by atoms with Gasteiger partial charge in [0.15, 0.2) is 6.10 Å². The minimum Gasteiger partial charge on any atom is -0.361 e. The Hall–Kier alpha value is -1.94. The number of carbonyl (C=O) groups excluding carboxylic acids is 2. The van der Waals surface area contributed by atoms with Gasteiger partial charge in [0.2, 0.25) is 0 Å². The van der Waals surface area contributed by atoms with E-state index in [9.17, 15) is 9.59 Å². The maximum absolute atomic E-state index is 12.0. The zero-order valence-corrected chi connectivity index (χ0v) is 12.5. The first-order chi connectivity index (χ1) is 10.1. The Labute approximate surface area is 125 Å². The predicted octanol–water partition coefficient (Wildman–Crippen LogP) is 2.34. The molecule has 1 aliphatic heterocycles. The monoisotopic (exact) mass is 287 g/mol. The number of benzene rings is 1. The molecule has 0 saturated carbocycles. The van der Waals surface area contributed by atoms with Crippen molar-refractivity contribution in [3.8, 4) is 0 Å². The van der Waals surface area contributed by atoms with Gasteiger partial charge in [0, 0.05) is 6.54 Å². The smallest absolute Gasteiger partial charge is 0.255 e. The van der Waals surface area contributed by atoms with E-state index in [1.54, 1.807) is 4.90 Å². The van der Waals surface area contributed by atoms with Gasteiger partial charge in [-0.3, -0.25) is 4.79 Å². The standard InChI is InChI=1S/C17H21NO3/c1-13(2)7-6-10-18-15(11-19)16(17(18)20)21-12-14-8-4-3-5-9-14/h3-5,7-9,11,15-16H,6,10,12H2,1-2H3/t15-,16+/m0/s1. The van der Waals surface area contributed by atoms with E-state index >= 15 is 0 Å². The molecule has 1 aromatic carbocycles. The van der Waals surface area contributed by atoms with E-state index in [1.807, 2.05) is 44.2 Å². The molecular formula is C17H21NO3. The van der Waals surface area contributed by atoms with Crippen LogP contribution in [0.15, 0.2) is 42.0 Å². The fourth-order valence-corrected chi connectivity index (χ4v) is 2.36. The minimum absolute atomic E-state index is 0.0924. The molecule has 2 atom stereocenters. The average molecular weight is 287 g/mol. The molecule has 112 valence electrons. The van der Waals surface area contributed by atoms with Crippen molar-refractivity contribution < 1.29 is 14.3 Å². The molecular weight excluding hydrogens is 266 g/mol. The fraction of sp³-hybridized carbons (Fsp3) is 0.412. The molecule has 0 aromatic heterocycles. The van der Waals surface area contributed by atoms with Crippen LogP contribution < -0.4 is 0 Å². The first kappa shape index (κ1) is 15.4. The summed E-state index contributed by atoms with van der Waals surface area (Å²) in [5.74, 6) is -0.0924. The SMILES string of the molecule is CC(C)=CCCN1C(=O)[C@H](OCc2ccccc2)[C@@H]1C=O. The van der Waals surface area contributed by atoms with Crippen LogP contribution >= 0.6 is 0 Å². The third kappa shape index (κ3) is 3.79. The molecule has 0 unspecified atom stereocenters. The molecule has 2 rings (SSSR count). The molecule has 21 heavy (non-hydrogen) atoms. The van der Waals surface area contributed by atoms with Gasteiger partial charge in [0.1, 0.15) is 12.3 Å². The maximum atomic E-state index is 12.0. The van der Waals surface area contributed by atoms with E-state index < -0.39 is 12.1 Å². The highest BCUT2D eigenvalue weighted by molar-refractivity contribution is 5.95. The van der Waals surface area contributed by atoms with E-state index in [4.69, 9.17) is 4.74 Å². The molecule has 1 fully saturated rings. The summed E-state index contributed by atoms with van der Waals surface area (Å²) in [6.07, 6.45) is 3.01. The van der Waals surface area contributed by atoms with Crippen molar-refractivity contribution in [2.24, 2.45) is 0 Å². The quantitative estimate of drug-likeness (QED) is 0.439. The normalized spacial score (nSPS) is 20.9. The Morgan fingerprint density at radius 2 is 2.00 bits per heavy atom. The number of likely N-dealkylation sites (tertiary alicyclic amines) is 1. The van der Waals surface area contributed by atoms with Crippen LogP contribution in [0.5, 0.6) is 0 Å². The largest absolute Gasteiger partial charge is 0.361 e. The third-order valence-corrected chi connectivity index (χ3v) is 3.53. The molecule has 1 heterocycles. The van der Waals surface area contributed by atoms with E-state index in [0.29, 0.717) is 13.2 Å². The van der Waals surface area contributed by atoms with Crippen molar-refractivity contribution in [2.75, 3.05) is 6.54 Å². The van der Waals surface area contributed by atoms with Crippen LogP contribution in [0.25, 0.3) is 0 Å². The summed E-state index contributed by atoms with van der Waals surface area (Å²) < 4.78 is 5.60. The van der Waals surface area contributed by atoms with Crippen LogP contribution in [0.1, 0.15) is 25.8 Å². The first-order valence-electron chi connectivity index (χ1n) is 7.18. The van der Waals surface area contributed by atoms with Crippen molar-refractivity contribution in [3.05, 3.63) is 47.5 Å². The number of nitrogens with zero attached hydrogens (tertiary/aromatic N) is 1. The number of rotatable bonds is 7. The van der Waals surface area contributed by atoms with Gasteiger partial charge in [-0.25, -0.2) is 0 Å². The summed E-state index contributed by atoms with van der Waals surface area (Å²) in [4.78, 5) is 24.8.